The Hall–Kier alpha value is -1.69. The molecule has 1 N–H and O–H groups in total. The summed E-state index contributed by atoms with van der Waals surface area (Å²) in [5.74, 6) is 0.762. The van der Waals surface area contributed by atoms with Crippen LogP contribution in [-0.4, -0.2) is 46.2 Å². The van der Waals surface area contributed by atoms with Gasteiger partial charge in [-0.05, 0) is 40.7 Å². The maximum absolute atomic E-state index is 12.0. The van der Waals surface area contributed by atoms with E-state index in [9.17, 15) is 4.79 Å². The summed E-state index contributed by atoms with van der Waals surface area (Å²) >= 11 is 0. The predicted octanol–water partition coefficient (Wildman–Crippen LogP) is 2.13. The van der Waals surface area contributed by atoms with Crippen LogP contribution < -0.4 is 5.32 Å². The van der Waals surface area contributed by atoms with Crippen molar-refractivity contribution < 1.29 is 9.53 Å². The molecule has 1 aromatic rings. The highest BCUT2D eigenvalue weighted by Crippen LogP contribution is 2.09. The summed E-state index contributed by atoms with van der Waals surface area (Å²) in [5.41, 5.74) is 0.485. The Bertz CT molecular complexity index is 457. The molecule has 0 unspecified atom stereocenters. The summed E-state index contributed by atoms with van der Waals surface area (Å²) in [7, 11) is 0. The van der Waals surface area contributed by atoms with Gasteiger partial charge in [0.2, 0.25) is 0 Å². The summed E-state index contributed by atoms with van der Waals surface area (Å²) in [4.78, 5) is 22.0. The molecule has 1 aromatic heterocycles. The van der Waals surface area contributed by atoms with Crippen LogP contribution in [0, 0.1) is 6.92 Å². The van der Waals surface area contributed by atoms with Gasteiger partial charge in [0.25, 0.3) is 0 Å². The van der Waals surface area contributed by atoms with Gasteiger partial charge in [0.15, 0.2) is 0 Å². The number of nitrogens with zero attached hydrogens (tertiary/aromatic N) is 3. The third kappa shape index (κ3) is 7.04. The van der Waals surface area contributed by atoms with Crippen molar-refractivity contribution in [1.29, 1.82) is 0 Å². The van der Waals surface area contributed by atoms with Crippen LogP contribution in [-0.2, 0) is 11.3 Å². The van der Waals surface area contributed by atoms with Gasteiger partial charge in [-0.25, -0.2) is 14.8 Å². The quantitative estimate of drug-likeness (QED) is 0.814. The van der Waals surface area contributed by atoms with Gasteiger partial charge in [-0.2, -0.15) is 0 Å². The molecule has 0 spiro atoms. The molecule has 0 radical (unpaired) electrons. The molecule has 0 bridgehead atoms. The number of ether oxygens (including phenoxy) is 1. The normalized spacial score (nSPS) is 11.3. The topological polar surface area (TPSA) is 67.3 Å². The van der Waals surface area contributed by atoms with Gasteiger partial charge in [0.1, 0.15) is 11.4 Å². The van der Waals surface area contributed by atoms with E-state index >= 15 is 0 Å². The number of carbonyl (C=O) groups is 1. The number of rotatable bonds is 6. The van der Waals surface area contributed by atoms with E-state index in [0.29, 0.717) is 26.2 Å². The summed E-state index contributed by atoms with van der Waals surface area (Å²) in [6.45, 7) is 12.0. The minimum atomic E-state index is -0.462. The van der Waals surface area contributed by atoms with Gasteiger partial charge in [0.05, 0.1) is 5.69 Å². The lowest BCUT2D eigenvalue weighted by Crippen LogP contribution is -2.40. The zero-order valence-corrected chi connectivity index (χ0v) is 13.6. The van der Waals surface area contributed by atoms with Crippen molar-refractivity contribution in [2.45, 2.75) is 46.8 Å². The number of amides is 1. The highest BCUT2D eigenvalue weighted by Gasteiger charge is 2.20. The van der Waals surface area contributed by atoms with Crippen molar-refractivity contribution in [3.05, 3.63) is 23.8 Å². The van der Waals surface area contributed by atoms with Crippen LogP contribution in [0.2, 0.25) is 0 Å². The van der Waals surface area contributed by atoms with Gasteiger partial charge in [-0.1, -0.05) is 0 Å². The Morgan fingerprint density at radius 2 is 2.14 bits per heavy atom. The van der Waals surface area contributed by atoms with Crippen LogP contribution in [0.25, 0.3) is 0 Å². The number of aromatic nitrogens is 2. The average Bonchev–Trinajstić information content (AvgIpc) is 2.36. The molecule has 1 amide bonds. The first-order valence-corrected chi connectivity index (χ1v) is 7.29. The van der Waals surface area contributed by atoms with Crippen LogP contribution in [0.3, 0.4) is 0 Å². The van der Waals surface area contributed by atoms with Gasteiger partial charge in [-0.3, -0.25) is 0 Å². The molecule has 0 aliphatic heterocycles. The fourth-order valence-corrected chi connectivity index (χ4v) is 1.74. The standard InChI is InChI=1S/C15H26N4O2/c1-6-19(14(20)21-15(3,4)5)10-9-16-11-13-7-8-17-12(2)18-13/h7-8,16H,6,9-11H2,1-5H3. The molecule has 0 atom stereocenters. The van der Waals surface area contributed by atoms with Gasteiger partial charge < -0.3 is 15.0 Å². The summed E-state index contributed by atoms with van der Waals surface area (Å²) in [6.07, 6.45) is 1.47. The molecule has 0 aliphatic carbocycles. The van der Waals surface area contributed by atoms with E-state index in [4.69, 9.17) is 4.74 Å². The van der Waals surface area contributed by atoms with E-state index in [-0.39, 0.29) is 6.09 Å². The van der Waals surface area contributed by atoms with E-state index in [2.05, 4.69) is 15.3 Å². The molecule has 0 fully saturated rings. The number of hydrogen-bond donors (Lipinski definition) is 1. The second kappa shape index (κ2) is 7.93. The predicted molar refractivity (Wildman–Crippen MR) is 82.0 cm³/mol. The number of hydrogen-bond acceptors (Lipinski definition) is 5. The molecule has 1 heterocycles. The Labute approximate surface area is 126 Å². The van der Waals surface area contributed by atoms with Crippen molar-refractivity contribution in [1.82, 2.24) is 20.2 Å². The zero-order chi connectivity index (χ0) is 15.9. The SMILES string of the molecule is CCN(CCNCc1ccnc(C)n1)C(=O)OC(C)(C)C. The molecule has 6 nitrogen and oxygen atoms in total. The molecule has 0 aliphatic rings. The lowest BCUT2D eigenvalue weighted by Gasteiger charge is -2.26. The van der Waals surface area contributed by atoms with E-state index in [0.717, 1.165) is 11.5 Å². The fourth-order valence-electron chi connectivity index (χ4n) is 1.74. The zero-order valence-electron chi connectivity index (χ0n) is 13.6. The Morgan fingerprint density at radius 3 is 2.71 bits per heavy atom. The first-order valence-electron chi connectivity index (χ1n) is 7.29. The second-order valence-electron chi connectivity index (χ2n) is 5.83. The molecule has 21 heavy (non-hydrogen) atoms. The van der Waals surface area contributed by atoms with Crippen molar-refractivity contribution in [3.8, 4) is 0 Å². The lowest BCUT2D eigenvalue weighted by atomic mass is 10.2. The van der Waals surface area contributed by atoms with Gasteiger partial charge >= 0.3 is 6.09 Å². The molecular formula is C15H26N4O2. The monoisotopic (exact) mass is 294 g/mol. The number of aryl methyl sites for hydroxylation is 1. The van der Waals surface area contributed by atoms with E-state index in [1.807, 2.05) is 40.7 Å². The van der Waals surface area contributed by atoms with E-state index < -0.39 is 5.60 Å². The summed E-state index contributed by atoms with van der Waals surface area (Å²) in [5, 5.41) is 3.27. The third-order valence-corrected chi connectivity index (χ3v) is 2.73. The minimum absolute atomic E-state index is 0.273. The summed E-state index contributed by atoms with van der Waals surface area (Å²) in [6, 6.07) is 1.88. The third-order valence-electron chi connectivity index (χ3n) is 2.73. The molecule has 118 valence electrons. The van der Waals surface area contributed by atoms with Crippen LogP contribution >= 0.6 is 0 Å². The van der Waals surface area contributed by atoms with Gasteiger partial charge in [0, 0.05) is 32.4 Å². The fraction of sp³-hybridized carbons (Fsp3) is 0.667. The Morgan fingerprint density at radius 1 is 1.43 bits per heavy atom. The largest absolute Gasteiger partial charge is 0.444 e. The van der Waals surface area contributed by atoms with Crippen molar-refractivity contribution in [2.75, 3.05) is 19.6 Å². The maximum atomic E-state index is 12.0. The van der Waals surface area contributed by atoms with Crippen molar-refractivity contribution in [2.24, 2.45) is 0 Å². The van der Waals surface area contributed by atoms with Crippen LogP contribution in [0.1, 0.15) is 39.2 Å². The molecular weight excluding hydrogens is 268 g/mol. The van der Waals surface area contributed by atoms with Crippen molar-refractivity contribution in [3.63, 3.8) is 0 Å². The lowest BCUT2D eigenvalue weighted by molar-refractivity contribution is 0.0262. The number of likely N-dealkylation sites (N-methyl/N-ethyl adjacent to an activating group) is 1. The first kappa shape index (κ1) is 17.4. The van der Waals surface area contributed by atoms with E-state index in [1.165, 1.54) is 0 Å². The molecule has 6 heteroatoms. The first-order chi connectivity index (χ1) is 9.81. The highest BCUT2D eigenvalue weighted by molar-refractivity contribution is 5.68. The Kier molecular flexibility index (Phi) is 6.55. The molecule has 1 rings (SSSR count). The van der Waals surface area contributed by atoms with Crippen LogP contribution in [0.4, 0.5) is 4.79 Å². The molecule has 0 aromatic carbocycles. The molecule has 0 saturated heterocycles. The second-order valence-corrected chi connectivity index (χ2v) is 5.83. The number of nitrogens with one attached hydrogen (secondary N) is 1. The van der Waals surface area contributed by atoms with Crippen LogP contribution in [0.15, 0.2) is 12.3 Å². The maximum Gasteiger partial charge on any atom is 0.410 e. The number of carbonyl (C=O) groups excluding carboxylic acids is 1. The van der Waals surface area contributed by atoms with E-state index in [1.54, 1.807) is 11.1 Å². The highest BCUT2D eigenvalue weighted by atomic mass is 16.6. The van der Waals surface area contributed by atoms with Crippen LogP contribution in [0.5, 0.6) is 0 Å². The average molecular weight is 294 g/mol. The molecule has 0 saturated carbocycles. The van der Waals surface area contributed by atoms with Crippen molar-refractivity contribution >= 4 is 6.09 Å². The smallest absolute Gasteiger partial charge is 0.410 e. The van der Waals surface area contributed by atoms with Gasteiger partial charge in [-0.15, -0.1) is 0 Å². The summed E-state index contributed by atoms with van der Waals surface area (Å²) < 4.78 is 5.36. The minimum Gasteiger partial charge on any atom is -0.444 e. The Balaban J connectivity index is 2.34.